The van der Waals surface area contributed by atoms with Gasteiger partial charge in [-0.1, -0.05) is 6.07 Å². The number of rotatable bonds is 6. The molecule has 0 spiro atoms. The Morgan fingerprint density at radius 2 is 1.96 bits per heavy atom. The lowest BCUT2D eigenvalue weighted by atomic mass is 9.96. The molecule has 1 aromatic heterocycles. The van der Waals surface area contributed by atoms with Gasteiger partial charge in [-0.25, -0.2) is 0 Å². The van der Waals surface area contributed by atoms with Crippen LogP contribution in [0.4, 0.5) is 0 Å². The van der Waals surface area contributed by atoms with Gasteiger partial charge in [0.2, 0.25) is 0 Å². The number of benzene rings is 1. The number of carbonyl (C=O) groups is 2. The maximum absolute atomic E-state index is 12.8. The van der Waals surface area contributed by atoms with E-state index in [0.29, 0.717) is 17.9 Å². The van der Waals surface area contributed by atoms with E-state index in [9.17, 15) is 14.7 Å². The van der Waals surface area contributed by atoms with Crippen LogP contribution < -0.4 is 4.74 Å². The smallest absolute Gasteiger partial charge is 0.295 e. The Labute approximate surface area is 168 Å². The largest absolute Gasteiger partial charge is 0.507 e. The lowest BCUT2D eigenvalue weighted by Gasteiger charge is -2.23. The van der Waals surface area contributed by atoms with Gasteiger partial charge in [0, 0.05) is 24.1 Å². The van der Waals surface area contributed by atoms with E-state index >= 15 is 0 Å². The maximum atomic E-state index is 12.8. The first-order valence-corrected chi connectivity index (χ1v) is 9.75. The van der Waals surface area contributed by atoms with Crippen LogP contribution in [0.3, 0.4) is 0 Å². The molecule has 28 heavy (non-hydrogen) atoms. The van der Waals surface area contributed by atoms with Gasteiger partial charge >= 0.3 is 0 Å². The Bertz CT molecular complexity index is 933. The fraction of sp³-hybridized carbons (Fsp3) is 0.333. The summed E-state index contributed by atoms with van der Waals surface area (Å²) in [5.41, 5.74) is 2.21. The van der Waals surface area contributed by atoms with Crippen molar-refractivity contribution in [1.29, 1.82) is 0 Å². The van der Waals surface area contributed by atoms with Crippen LogP contribution in [0.1, 0.15) is 27.6 Å². The van der Waals surface area contributed by atoms with Gasteiger partial charge in [0.25, 0.3) is 11.7 Å². The Morgan fingerprint density at radius 3 is 2.57 bits per heavy atom. The molecule has 0 bridgehead atoms. The molecule has 6 nitrogen and oxygen atoms in total. The molecular weight excluding hydrogens is 378 g/mol. The van der Waals surface area contributed by atoms with E-state index in [0.717, 1.165) is 16.0 Å². The molecule has 1 saturated heterocycles. The summed E-state index contributed by atoms with van der Waals surface area (Å²) >= 11 is 1.44. The number of aryl methyl sites for hydroxylation is 2. The third-order valence-corrected chi connectivity index (χ3v) is 5.81. The summed E-state index contributed by atoms with van der Waals surface area (Å²) < 4.78 is 10.4. The van der Waals surface area contributed by atoms with Gasteiger partial charge in [0.15, 0.2) is 0 Å². The van der Waals surface area contributed by atoms with Crippen LogP contribution in [-0.4, -0.2) is 49.1 Å². The topological polar surface area (TPSA) is 76.1 Å². The summed E-state index contributed by atoms with van der Waals surface area (Å²) in [6.07, 6.45) is 0. The van der Waals surface area contributed by atoms with Crippen molar-refractivity contribution in [3.05, 3.63) is 56.8 Å². The minimum Gasteiger partial charge on any atom is -0.507 e. The Hall–Kier alpha value is -2.64. The minimum absolute atomic E-state index is 0.108. The molecule has 1 aromatic carbocycles. The molecule has 3 rings (SSSR count). The summed E-state index contributed by atoms with van der Waals surface area (Å²) in [7, 11) is 3.12. The van der Waals surface area contributed by atoms with E-state index in [1.807, 2.05) is 37.4 Å². The van der Waals surface area contributed by atoms with Crippen LogP contribution in [0, 0.1) is 13.8 Å². The first kappa shape index (κ1) is 20.1. The number of nitrogens with zero attached hydrogens (tertiary/aromatic N) is 1. The number of aliphatic hydroxyl groups excluding tert-OH is 1. The van der Waals surface area contributed by atoms with Gasteiger partial charge in [-0.15, -0.1) is 11.3 Å². The van der Waals surface area contributed by atoms with Crippen LogP contribution >= 0.6 is 11.3 Å². The van der Waals surface area contributed by atoms with Gasteiger partial charge in [0.1, 0.15) is 11.5 Å². The molecule has 2 aromatic rings. The third-order valence-electron chi connectivity index (χ3n) is 4.89. The number of Topliss-reactive ketones (excluding diaryl/α,β-unsaturated/α-hetero) is 1. The number of ether oxygens (including phenoxy) is 2. The normalized spacial score (nSPS) is 18.7. The SMILES string of the molecule is COCCN1C(=O)C(=O)/C(=C(\O)c2cc(C)c(OC)cc2C)C1c1cccs1. The highest BCUT2D eigenvalue weighted by Crippen LogP contribution is 2.41. The molecule has 1 aliphatic heterocycles. The van der Waals surface area contributed by atoms with Crippen molar-refractivity contribution in [2.24, 2.45) is 0 Å². The molecule has 1 amide bonds. The Kier molecular flexibility index (Phi) is 5.86. The summed E-state index contributed by atoms with van der Waals surface area (Å²) in [6.45, 7) is 4.26. The van der Waals surface area contributed by atoms with E-state index in [-0.39, 0.29) is 17.9 Å². The molecule has 7 heteroatoms. The highest BCUT2D eigenvalue weighted by atomic mass is 32.1. The van der Waals surface area contributed by atoms with Crippen LogP contribution in [0.15, 0.2) is 35.2 Å². The molecule has 1 unspecified atom stereocenters. The first-order chi connectivity index (χ1) is 13.4. The summed E-state index contributed by atoms with van der Waals surface area (Å²) in [6, 6.07) is 6.68. The number of likely N-dealkylation sites (tertiary alicyclic amines) is 1. The van der Waals surface area contributed by atoms with Crippen LogP contribution in [0.5, 0.6) is 5.75 Å². The van der Waals surface area contributed by atoms with Crippen molar-refractivity contribution in [2.45, 2.75) is 19.9 Å². The highest BCUT2D eigenvalue weighted by Gasteiger charge is 2.46. The van der Waals surface area contributed by atoms with Gasteiger partial charge in [0.05, 0.1) is 25.3 Å². The molecule has 0 radical (unpaired) electrons. The number of aliphatic hydroxyl groups is 1. The fourth-order valence-corrected chi connectivity index (χ4v) is 4.30. The van der Waals surface area contributed by atoms with Crippen molar-refractivity contribution in [3.63, 3.8) is 0 Å². The number of ketones is 1. The molecule has 1 fully saturated rings. The van der Waals surface area contributed by atoms with Crippen molar-refractivity contribution >= 4 is 28.8 Å². The van der Waals surface area contributed by atoms with Gasteiger partial charge in [-0.2, -0.15) is 0 Å². The van der Waals surface area contributed by atoms with Crippen molar-refractivity contribution in [1.82, 2.24) is 4.90 Å². The lowest BCUT2D eigenvalue weighted by molar-refractivity contribution is -0.140. The predicted molar refractivity (Wildman–Crippen MR) is 108 cm³/mol. The standard InChI is InChI=1S/C21H23NO5S/c1-12-11-15(27-4)13(2)10-14(12)19(23)17-18(16-6-5-9-28-16)22(7-8-26-3)21(25)20(17)24/h5-6,9-11,18,23H,7-8H2,1-4H3/b19-17-. The molecule has 2 heterocycles. The first-order valence-electron chi connectivity index (χ1n) is 8.87. The maximum Gasteiger partial charge on any atom is 0.295 e. The predicted octanol–water partition coefficient (Wildman–Crippen LogP) is 3.44. The van der Waals surface area contributed by atoms with E-state index < -0.39 is 17.7 Å². The summed E-state index contributed by atoms with van der Waals surface area (Å²) in [4.78, 5) is 27.8. The quantitative estimate of drug-likeness (QED) is 0.456. The number of methoxy groups -OCH3 is 2. The lowest BCUT2D eigenvalue weighted by Crippen LogP contribution is -2.32. The average Bonchev–Trinajstić information content (AvgIpc) is 3.29. The molecule has 148 valence electrons. The van der Waals surface area contributed by atoms with Crippen LogP contribution in [0.25, 0.3) is 5.76 Å². The number of thiophene rings is 1. The molecule has 1 atom stereocenters. The van der Waals surface area contributed by atoms with Crippen molar-refractivity contribution < 1.29 is 24.2 Å². The summed E-state index contributed by atoms with van der Waals surface area (Å²) in [5.74, 6) is -0.774. The van der Waals surface area contributed by atoms with Crippen LogP contribution in [0.2, 0.25) is 0 Å². The zero-order valence-corrected chi connectivity index (χ0v) is 17.1. The number of hydrogen-bond acceptors (Lipinski definition) is 6. The minimum atomic E-state index is -0.681. The van der Waals surface area contributed by atoms with E-state index in [4.69, 9.17) is 9.47 Å². The number of amides is 1. The molecular formula is C21H23NO5S. The monoisotopic (exact) mass is 401 g/mol. The van der Waals surface area contributed by atoms with E-state index in [1.54, 1.807) is 20.3 Å². The second kappa shape index (κ2) is 8.16. The molecule has 1 N–H and O–H groups in total. The third kappa shape index (κ3) is 3.43. The fourth-order valence-electron chi connectivity index (χ4n) is 3.45. The number of carbonyl (C=O) groups excluding carboxylic acids is 2. The molecule has 0 saturated carbocycles. The average molecular weight is 401 g/mol. The second-order valence-corrected chi connectivity index (χ2v) is 7.62. The molecule has 1 aliphatic rings. The van der Waals surface area contributed by atoms with Crippen molar-refractivity contribution in [2.75, 3.05) is 27.4 Å². The zero-order valence-electron chi connectivity index (χ0n) is 16.3. The van der Waals surface area contributed by atoms with Gasteiger partial charge in [-0.3, -0.25) is 9.59 Å². The van der Waals surface area contributed by atoms with Gasteiger partial charge in [-0.05, 0) is 48.6 Å². The zero-order chi connectivity index (χ0) is 20.4. The summed E-state index contributed by atoms with van der Waals surface area (Å²) in [5, 5.41) is 13.0. The highest BCUT2D eigenvalue weighted by molar-refractivity contribution is 7.10. The Balaban J connectivity index is 2.18. The van der Waals surface area contributed by atoms with E-state index in [2.05, 4.69) is 0 Å². The second-order valence-electron chi connectivity index (χ2n) is 6.64. The van der Waals surface area contributed by atoms with Crippen molar-refractivity contribution in [3.8, 4) is 5.75 Å². The number of hydrogen-bond donors (Lipinski definition) is 1. The molecule has 0 aliphatic carbocycles. The Morgan fingerprint density at radius 1 is 1.21 bits per heavy atom. The van der Waals surface area contributed by atoms with Gasteiger partial charge < -0.3 is 19.5 Å². The van der Waals surface area contributed by atoms with E-state index in [1.165, 1.54) is 16.2 Å². The van der Waals surface area contributed by atoms with Crippen LogP contribution in [-0.2, 0) is 14.3 Å².